The number of benzene rings is 1. The van der Waals surface area contributed by atoms with E-state index in [-0.39, 0.29) is 6.04 Å². The molecular formula is C13H13ClN2S. The minimum Gasteiger partial charge on any atom is -0.324 e. The van der Waals surface area contributed by atoms with Crippen molar-refractivity contribution in [2.45, 2.75) is 22.9 Å². The molecule has 2 nitrogen and oxygen atoms in total. The quantitative estimate of drug-likeness (QED) is 0.914. The molecule has 1 aromatic carbocycles. The third-order valence-electron chi connectivity index (χ3n) is 2.32. The zero-order valence-corrected chi connectivity index (χ0v) is 11.0. The monoisotopic (exact) mass is 264 g/mol. The van der Waals surface area contributed by atoms with Crippen LogP contribution in [0.5, 0.6) is 0 Å². The van der Waals surface area contributed by atoms with Crippen LogP contribution < -0.4 is 5.73 Å². The molecule has 0 saturated carbocycles. The second kappa shape index (κ2) is 5.54. The first-order valence-electron chi connectivity index (χ1n) is 5.31. The molecule has 1 atom stereocenters. The summed E-state index contributed by atoms with van der Waals surface area (Å²) in [4.78, 5) is 5.32. The van der Waals surface area contributed by atoms with Gasteiger partial charge in [0, 0.05) is 22.2 Å². The lowest BCUT2D eigenvalue weighted by molar-refractivity contribution is 0.817. The zero-order chi connectivity index (χ0) is 12.3. The predicted molar refractivity (Wildman–Crippen MR) is 72.4 cm³/mol. The molecule has 2 aromatic rings. The fraction of sp³-hybridized carbons (Fsp3) is 0.154. The van der Waals surface area contributed by atoms with Crippen molar-refractivity contribution in [3.05, 3.63) is 53.2 Å². The lowest BCUT2D eigenvalue weighted by Gasteiger charge is -2.09. The van der Waals surface area contributed by atoms with E-state index in [4.69, 9.17) is 17.3 Å². The summed E-state index contributed by atoms with van der Waals surface area (Å²) in [6.07, 6.45) is 1.78. The molecule has 1 unspecified atom stereocenters. The van der Waals surface area contributed by atoms with E-state index in [1.807, 2.05) is 43.3 Å². The number of halogens is 1. The van der Waals surface area contributed by atoms with E-state index < -0.39 is 0 Å². The van der Waals surface area contributed by atoms with Crippen molar-refractivity contribution in [3.8, 4) is 0 Å². The summed E-state index contributed by atoms with van der Waals surface area (Å²) < 4.78 is 0. The predicted octanol–water partition coefficient (Wildman–Crippen LogP) is 3.91. The fourth-order valence-corrected chi connectivity index (χ4v) is 2.70. The topological polar surface area (TPSA) is 38.9 Å². The van der Waals surface area contributed by atoms with E-state index in [1.165, 1.54) is 0 Å². The molecule has 0 aliphatic carbocycles. The molecule has 1 heterocycles. The highest BCUT2D eigenvalue weighted by molar-refractivity contribution is 7.99. The highest BCUT2D eigenvalue weighted by atomic mass is 35.5. The molecule has 2 N–H and O–H groups in total. The molecule has 0 aliphatic heterocycles. The van der Waals surface area contributed by atoms with Crippen LogP contribution in [-0.4, -0.2) is 4.98 Å². The number of hydrogen-bond donors (Lipinski definition) is 1. The van der Waals surface area contributed by atoms with Crippen LogP contribution in [0.4, 0.5) is 0 Å². The molecule has 88 valence electrons. The molecule has 0 saturated heterocycles. The van der Waals surface area contributed by atoms with Gasteiger partial charge in [0.2, 0.25) is 0 Å². The standard InChI is InChI=1S/C13H13ClN2S/c1-9(15)11-6-5-10(8-12(11)14)17-13-4-2-3-7-16-13/h2-9H,15H2,1H3. The summed E-state index contributed by atoms with van der Waals surface area (Å²) in [5.41, 5.74) is 6.78. The smallest absolute Gasteiger partial charge is 0.101 e. The normalized spacial score (nSPS) is 12.4. The van der Waals surface area contributed by atoms with Gasteiger partial charge >= 0.3 is 0 Å². The van der Waals surface area contributed by atoms with E-state index in [0.717, 1.165) is 15.5 Å². The van der Waals surface area contributed by atoms with Crippen LogP contribution in [0.1, 0.15) is 18.5 Å². The lowest BCUT2D eigenvalue weighted by Crippen LogP contribution is -2.05. The van der Waals surface area contributed by atoms with Crippen molar-refractivity contribution in [3.63, 3.8) is 0 Å². The number of aromatic nitrogens is 1. The minimum absolute atomic E-state index is 0.0450. The average Bonchev–Trinajstić information content (AvgIpc) is 2.30. The molecule has 0 aliphatic rings. The summed E-state index contributed by atoms with van der Waals surface area (Å²) in [6.45, 7) is 1.92. The van der Waals surface area contributed by atoms with Gasteiger partial charge in [-0.15, -0.1) is 0 Å². The third kappa shape index (κ3) is 3.22. The van der Waals surface area contributed by atoms with E-state index in [9.17, 15) is 0 Å². The first-order chi connectivity index (χ1) is 8.16. The van der Waals surface area contributed by atoms with Gasteiger partial charge in [0.25, 0.3) is 0 Å². The van der Waals surface area contributed by atoms with Gasteiger partial charge in [0.05, 0.1) is 0 Å². The molecule has 1 aromatic heterocycles. The molecule has 0 bridgehead atoms. The zero-order valence-electron chi connectivity index (χ0n) is 9.43. The second-order valence-corrected chi connectivity index (χ2v) is 5.24. The van der Waals surface area contributed by atoms with E-state index in [0.29, 0.717) is 5.02 Å². The van der Waals surface area contributed by atoms with E-state index in [1.54, 1.807) is 18.0 Å². The second-order valence-electron chi connectivity index (χ2n) is 3.74. The highest BCUT2D eigenvalue weighted by Gasteiger charge is 2.07. The number of rotatable bonds is 3. The van der Waals surface area contributed by atoms with E-state index >= 15 is 0 Å². The summed E-state index contributed by atoms with van der Waals surface area (Å²) in [5.74, 6) is 0. The summed E-state index contributed by atoms with van der Waals surface area (Å²) in [5, 5.41) is 1.66. The Morgan fingerprint density at radius 2 is 2.12 bits per heavy atom. The molecule has 0 radical (unpaired) electrons. The van der Waals surface area contributed by atoms with Crippen molar-refractivity contribution in [2.75, 3.05) is 0 Å². The van der Waals surface area contributed by atoms with Gasteiger partial charge in [0.1, 0.15) is 5.03 Å². The average molecular weight is 265 g/mol. The molecule has 0 spiro atoms. The third-order valence-corrected chi connectivity index (χ3v) is 3.59. The van der Waals surface area contributed by atoms with Gasteiger partial charge < -0.3 is 5.73 Å². The van der Waals surface area contributed by atoms with Gasteiger partial charge in [-0.05, 0) is 36.8 Å². The Labute approximate surface area is 110 Å². The molecule has 0 amide bonds. The van der Waals surface area contributed by atoms with Crippen LogP contribution in [0.2, 0.25) is 5.02 Å². The van der Waals surface area contributed by atoms with Crippen LogP contribution in [0.15, 0.2) is 52.5 Å². The Kier molecular flexibility index (Phi) is 4.05. The van der Waals surface area contributed by atoms with Gasteiger partial charge in [-0.25, -0.2) is 4.98 Å². The molecular weight excluding hydrogens is 252 g/mol. The first kappa shape index (κ1) is 12.4. The van der Waals surface area contributed by atoms with Crippen molar-refractivity contribution in [1.82, 2.24) is 4.98 Å². The lowest BCUT2D eigenvalue weighted by atomic mass is 10.1. The van der Waals surface area contributed by atoms with Crippen molar-refractivity contribution in [2.24, 2.45) is 5.73 Å². The summed E-state index contributed by atoms with van der Waals surface area (Å²) in [6, 6.07) is 11.7. The van der Waals surface area contributed by atoms with Crippen LogP contribution in [0.25, 0.3) is 0 Å². The van der Waals surface area contributed by atoms with Crippen LogP contribution in [0, 0.1) is 0 Å². The van der Waals surface area contributed by atoms with Crippen LogP contribution >= 0.6 is 23.4 Å². The Morgan fingerprint density at radius 3 is 2.71 bits per heavy atom. The largest absolute Gasteiger partial charge is 0.324 e. The van der Waals surface area contributed by atoms with Crippen molar-refractivity contribution >= 4 is 23.4 Å². The van der Waals surface area contributed by atoms with Gasteiger partial charge in [-0.3, -0.25) is 0 Å². The van der Waals surface area contributed by atoms with Crippen molar-refractivity contribution < 1.29 is 0 Å². The van der Waals surface area contributed by atoms with Gasteiger partial charge in [-0.1, -0.05) is 35.5 Å². The first-order valence-corrected chi connectivity index (χ1v) is 6.50. The van der Waals surface area contributed by atoms with Crippen LogP contribution in [-0.2, 0) is 0 Å². The van der Waals surface area contributed by atoms with Crippen molar-refractivity contribution in [1.29, 1.82) is 0 Å². The Morgan fingerprint density at radius 1 is 1.29 bits per heavy atom. The molecule has 4 heteroatoms. The maximum absolute atomic E-state index is 6.18. The van der Waals surface area contributed by atoms with E-state index in [2.05, 4.69) is 4.98 Å². The number of nitrogens with zero attached hydrogens (tertiary/aromatic N) is 1. The molecule has 2 rings (SSSR count). The Balaban J connectivity index is 2.21. The number of hydrogen-bond acceptors (Lipinski definition) is 3. The SMILES string of the molecule is CC(N)c1ccc(Sc2ccccn2)cc1Cl. The molecule has 0 fully saturated rings. The fourth-order valence-electron chi connectivity index (χ4n) is 1.47. The molecule has 17 heavy (non-hydrogen) atoms. The highest BCUT2D eigenvalue weighted by Crippen LogP contribution is 2.31. The Bertz CT molecular complexity index is 500. The minimum atomic E-state index is -0.0450. The summed E-state index contributed by atoms with van der Waals surface area (Å²) in [7, 11) is 0. The van der Waals surface area contributed by atoms with Gasteiger partial charge in [0.15, 0.2) is 0 Å². The number of nitrogens with two attached hydrogens (primary N) is 1. The van der Waals surface area contributed by atoms with Crippen LogP contribution in [0.3, 0.4) is 0 Å². The maximum Gasteiger partial charge on any atom is 0.101 e. The Hall–Kier alpha value is -1.03. The maximum atomic E-state index is 6.18. The van der Waals surface area contributed by atoms with Gasteiger partial charge in [-0.2, -0.15) is 0 Å². The number of pyridine rings is 1. The summed E-state index contributed by atoms with van der Waals surface area (Å²) >= 11 is 7.76.